The molecule has 3 rings (SSSR count). The summed E-state index contributed by atoms with van der Waals surface area (Å²) in [6.45, 7) is 2.50. The lowest BCUT2D eigenvalue weighted by Gasteiger charge is -2.19. The van der Waals surface area contributed by atoms with Gasteiger partial charge in [0.1, 0.15) is 0 Å². The lowest BCUT2D eigenvalue weighted by atomic mass is 10.1. The second kappa shape index (κ2) is 7.30. The molecule has 0 saturated carbocycles. The summed E-state index contributed by atoms with van der Waals surface area (Å²) in [6, 6.07) is 8.87. The van der Waals surface area contributed by atoms with Crippen LogP contribution in [-0.2, 0) is 11.0 Å². The fourth-order valence-corrected chi connectivity index (χ4v) is 3.01. The van der Waals surface area contributed by atoms with Crippen molar-refractivity contribution in [2.75, 3.05) is 22.1 Å². The fourth-order valence-electron chi connectivity index (χ4n) is 3.01. The van der Waals surface area contributed by atoms with E-state index in [-0.39, 0.29) is 11.6 Å². The first kappa shape index (κ1) is 18.8. The molecule has 0 atom stereocenters. The Bertz CT molecular complexity index is 881. The highest BCUT2D eigenvalue weighted by atomic mass is 19.4. The van der Waals surface area contributed by atoms with E-state index in [0.717, 1.165) is 29.8 Å². The largest absolute Gasteiger partial charge is 0.416 e. The molecule has 3 amide bonds. The van der Waals surface area contributed by atoms with E-state index in [0.29, 0.717) is 18.7 Å². The molecule has 0 aromatic heterocycles. The molecular formula is C19H18F3N3O2. The van der Waals surface area contributed by atoms with Gasteiger partial charge in [-0.25, -0.2) is 4.79 Å². The van der Waals surface area contributed by atoms with Crippen LogP contribution in [0, 0.1) is 6.92 Å². The van der Waals surface area contributed by atoms with Crippen molar-refractivity contribution in [1.29, 1.82) is 0 Å². The third-order valence-corrected chi connectivity index (χ3v) is 4.27. The molecule has 0 bridgehead atoms. The van der Waals surface area contributed by atoms with Crippen LogP contribution in [0.15, 0.2) is 42.5 Å². The van der Waals surface area contributed by atoms with E-state index in [1.165, 1.54) is 12.1 Å². The van der Waals surface area contributed by atoms with Crippen LogP contribution < -0.4 is 15.5 Å². The monoisotopic (exact) mass is 377 g/mol. The highest BCUT2D eigenvalue weighted by Gasteiger charge is 2.30. The number of carbonyl (C=O) groups excluding carboxylic acids is 2. The molecular weight excluding hydrogens is 359 g/mol. The normalized spacial score (nSPS) is 14.4. The van der Waals surface area contributed by atoms with E-state index in [4.69, 9.17) is 0 Å². The van der Waals surface area contributed by atoms with Gasteiger partial charge < -0.3 is 15.5 Å². The molecule has 0 radical (unpaired) electrons. The van der Waals surface area contributed by atoms with Crippen molar-refractivity contribution < 1.29 is 22.8 Å². The fraction of sp³-hybridized carbons (Fsp3) is 0.263. The Labute approximate surface area is 154 Å². The van der Waals surface area contributed by atoms with Gasteiger partial charge in [-0.2, -0.15) is 13.2 Å². The number of amides is 3. The second-order valence-electron chi connectivity index (χ2n) is 6.31. The Morgan fingerprint density at radius 3 is 2.37 bits per heavy atom. The van der Waals surface area contributed by atoms with E-state index < -0.39 is 17.8 Å². The van der Waals surface area contributed by atoms with Gasteiger partial charge in [-0.3, -0.25) is 4.79 Å². The minimum atomic E-state index is -4.48. The Hall–Kier alpha value is -3.03. The predicted molar refractivity (Wildman–Crippen MR) is 96.9 cm³/mol. The van der Waals surface area contributed by atoms with Crippen LogP contribution in [0.3, 0.4) is 0 Å². The van der Waals surface area contributed by atoms with Crippen molar-refractivity contribution in [3.05, 3.63) is 53.6 Å². The summed E-state index contributed by atoms with van der Waals surface area (Å²) >= 11 is 0. The van der Waals surface area contributed by atoms with Gasteiger partial charge in [0.2, 0.25) is 5.91 Å². The van der Waals surface area contributed by atoms with Gasteiger partial charge in [0.25, 0.3) is 0 Å². The van der Waals surface area contributed by atoms with Crippen LogP contribution in [-0.4, -0.2) is 18.5 Å². The SMILES string of the molecule is Cc1cc(NC(=O)Nc2cccc(C(F)(F)F)c2)ccc1N1CCCC1=O. The summed E-state index contributed by atoms with van der Waals surface area (Å²) in [7, 11) is 0. The van der Waals surface area contributed by atoms with Gasteiger partial charge in [0.15, 0.2) is 0 Å². The molecule has 1 aliphatic rings. The average molecular weight is 377 g/mol. The zero-order chi connectivity index (χ0) is 19.6. The van der Waals surface area contributed by atoms with Crippen LogP contribution >= 0.6 is 0 Å². The highest BCUT2D eigenvalue weighted by molar-refractivity contribution is 6.00. The van der Waals surface area contributed by atoms with Crippen molar-refractivity contribution in [3.63, 3.8) is 0 Å². The maximum absolute atomic E-state index is 12.7. The molecule has 142 valence electrons. The van der Waals surface area contributed by atoms with Crippen molar-refractivity contribution in [1.82, 2.24) is 0 Å². The Morgan fingerprint density at radius 1 is 1.07 bits per heavy atom. The number of urea groups is 1. The molecule has 5 nitrogen and oxygen atoms in total. The van der Waals surface area contributed by atoms with E-state index in [2.05, 4.69) is 10.6 Å². The number of hydrogen-bond acceptors (Lipinski definition) is 2. The lowest BCUT2D eigenvalue weighted by molar-refractivity contribution is -0.137. The van der Waals surface area contributed by atoms with Crippen molar-refractivity contribution in [3.8, 4) is 0 Å². The molecule has 8 heteroatoms. The number of carbonyl (C=O) groups is 2. The van der Waals surface area contributed by atoms with Crippen molar-refractivity contribution in [2.45, 2.75) is 25.9 Å². The topological polar surface area (TPSA) is 61.4 Å². The van der Waals surface area contributed by atoms with Crippen LogP contribution in [0.5, 0.6) is 0 Å². The van der Waals surface area contributed by atoms with Crippen molar-refractivity contribution >= 4 is 29.0 Å². The summed E-state index contributed by atoms with van der Waals surface area (Å²) in [5.74, 6) is 0.0705. The number of alkyl halides is 3. The highest BCUT2D eigenvalue weighted by Crippen LogP contribution is 2.31. The number of rotatable bonds is 3. The average Bonchev–Trinajstić information content (AvgIpc) is 3.00. The summed E-state index contributed by atoms with van der Waals surface area (Å²) in [5, 5.41) is 4.97. The molecule has 1 saturated heterocycles. The smallest absolute Gasteiger partial charge is 0.312 e. The van der Waals surface area contributed by atoms with Crippen molar-refractivity contribution in [2.24, 2.45) is 0 Å². The molecule has 1 heterocycles. The Kier molecular flexibility index (Phi) is 5.07. The maximum Gasteiger partial charge on any atom is 0.416 e. The van der Waals surface area contributed by atoms with E-state index in [1.54, 1.807) is 23.1 Å². The lowest BCUT2D eigenvalue weighted by Crippen LogP contribution is -2.24. The minimum absolute atomic E-state index is 0.0401. The van der Waals surface area contributed by atoms with Gasteiger partial charge in [-0.1, -0.05) is 6.07 Å². The van der Waals surface area contributed by atoms with E-state index >= 15 is 0 Å². The molecule has 1 fully saturated rings. The molecule has 0 spiro atoms. The number of halogens is 3. The van der Waals surface area contributed by atoms with Gasteiger partial charge in [0.05, 0.1) is 5.56 Å². The van der Waals surface area contributed by atoms with E-state index in [9.17, 15) is 22.8 Å². The first-order valence-electron chi connectivity index (χ1n) is 8.40. The van der Waals surface area contributed by atoms with Gasteiger partial charge >= 0.3 is 12.2 Å². The third-order valence-electron chi connectivity index (χ3n) is 4.27. The number of nitrogens with one attached hydrogen (secondary N) is 2. The molecule has 27 heavy (non-hydrogen) atoms. The maximum atomic E-state index is 12.7. The number of nitrogens with zero attached hydrogens (tertiary/aromatic N) is 1. The van der Waals surface area contributed by atoms with Crippen LogP contribution in [0.2, 0.25) is 0 Å². The Balaban J connectivity index is 1.68. The third kappa shape index (κ3) is 4.39. The van der Waals surface area contributed by atoms with Crippen LogP contribution in [0.4, 0.5) is 35.0 Å². The molecule has 1 aliphatic heterocycles. The summed E-state index contributed by atoms with van der Waals surface area (Å²) in [5.41, 5.74) is 1.30. The molecule has 2 aromatic carbocycles. The Morgan fingerprint density at radius 2 is 1.78 bits per heavy atom. The van der Waals surface area contributed by atoms with Gasteiger partial charge in [-0.15, -0.1) is 0 Å². The second-order valence-corrected chi connectivity index (χ2v) is 6.31. The minimum Gasteiger partial charge on any atom is -0.312 e. The summed E-state index contributed by atoms with van der Waals surface area (Å²) in [6.07, 6.45) is -3.13. The first-order chi connectivity index (χ1) is 12.7. The number of aryl methyl sites for hydroxylation is 1. The first-order valence-corrected chi connectivity index (χ1v) is 8.40. The van der Waals surface area contributed by atoms with Gasteiger partial charge in [0, 0.05) is 30.0 Å². The number of anilines is 3. The summed E-state index contributed by atoms with van der Waals surface area (Å²) < 4.78 is 38.2. The van der Waals surface area contributed by atoms with Crippen LogP contribution in [0.1, 0.15) is 24.0 Å². The standard InChI is InChI=1S/C19H18F3N3O2/c1-12-10-15(7-8-16(12)25-9-3-6-17(25)26)24-18(27)23-14-5-2-4-13(11-14)19(20,21)22/h2,4-5,7-8,10-11H,3,6,9H2,1H3,(H2,23,24,27). The van der Waals surface area contributed by atoms with Crippen LogP contribution in [0.25, 0.3) is 0 Å². The van der Waals surface area contributed by atoms with E-state index in [1.807, 2.05) is 6.92 Å². The number of benzene rings is 2. The number of hydrogen-bond donors (Lipinski definition) is 2. The summed E-state index contributed by atoms with van der Waals surface area (Å²) in [4.78, 5) is 25.6. The quantitative estimate of drug-likeness (QED) is 0.808. The predicted octanol–water partition coefficient (Wildman–Crippen LogP) is 4.78. The molecule has 2 N–H and O–H groups in total. The molecule has 2 aromatic rings. The molecule has 0 aliphatic carbocycles. The zero-order valence-electron chi connectivity index (χ0n) is 14.6. The van der Waals surface area contributed by atoms with Gasteiger partial charge in [-0.05, 0) is 55.3 Å². The zero-order valence-corrected chi connectivity index (χ0v) is 14.6. The molecule has 0 unspecified atom stereocenters.